The summed E-state index contributed by atoms with van der Waals surface area (Å²) in [6.07, 6.45) is 1.31. The summed E-state index contributed by atoms with van der Waals surface area (Å²) in [5.74, 6) is 0.796. The highest BCUT2D eigenvalue weighted by Gasteiger charge is 2.32. The fraction of sp³-hybridized carbons (Fsp3) is 0.600. The van der Waals surface area contributed by atoms with E-state index in [-0.39, 0.29) is 0 Å². The van der Waals surface area contributed by atoms with E-state index in [4.69, 9.17) is 0 Å². The Morgan fingerprint density at radius 2 is 2.06 bits per heavy atom. The number of alkyl halides is 1. The highest BCUT2D eigenvalue weighted by Crippen LogP contribution is 2.37. The molecule has 1 saturated heterocycles. The van der Waals surface area contributed by atoms with Gasteiger partial charge in [-0.1, -0.05) is 52.6 Å². The van der Waals surface area contributed by atoms with Gasteiger partial charge in [0.15, 0.2) is 0 Å². The normalized spacial score (nSPS) is 20.5. The SMILES string of the molecule is CC(C)(C)C1CCN(c2ccc(Br)cc2CBr)C1. The van der Waals surface area contributed by atoms with Crippen LogP contribution >= 0.6 is 31.9 Å². The fourth-order valence-corrected chi connectivity index (χ4v) is 3.51. The second-order valence-electron chi connectivity index (χ2n) is 6.20. The minimum absolute atomic E-state index is 0.415. The van der Waals surface area contributed by atoms with E-state index in [0.29, 0.717) is 5.41 Å². The molecule has 0 aromatic heterocycles. The molecule has 1 unspecified atom stereocenters. The van der Waals surface area contributed by atoms with Gasteiger partial charge >= 0.3 is 0 Å². The van der Waals surface area contributed by atoms with Gasteiger partial charge in [-0.25, -0.2) is 0 Å². The first kappa shape index (κ1) is 14.4. The smallest absolute Gasteiger partial charge is 0.0408 e. The third kappa shape index (κ3) is 3.11. The van der Waals surface area contributed by atoms with Gasteiger partial charge in [0.2, 0.25) is 0 Å². The van der Waals surface area contributed by atoms with Crippen molar-refractivity contribution in [1.82, 2.24) is 0 Å². The van der Waals surface area contributed by atoms with Gasteiger partial charge < -0.3 is 4.90 Å². The van der Waals surface area contributed by atoms with Crippen molar-refractivity contribution in [3.63, 3.8) is 0 Å². The molecule has 0 radical (unpaired) electrons. The van der Waals surface area contributed by atoms with E-state index in [0.717, 1.165) is 15.7 Å². The fourth-order valence-electron chi connectivity index (χ4n) is 2.66. The van der Waals surface area contributed by atoms with Crippen LogP contribution in [0.1, 0.15) is 32.8 Å². The molecule has 0 N–H and O–H groups in total. The molecule has 2 rings (SSSR count). The van der Waals surface area contributed by atoms with Crippen LogP contribution in [0.15, 0.2) is 22.7 Å². The minimum Gasteiger partial charge on any atom is -0.371 e. The lowest BCUT2D eigenvalue weighted by molar-refractivity contribution is 0.263. The minimum atomic E-state index is 0.415. The van der Waals surface area contributed by atoms with Gasteiger partial charge in [0, 0.05) is 28.6 Å². The maximum absolute atomic E-state index is 3.60. The molecule has 1 aromatic carbocycles. The zero-order valence-electron chi connectivity index (χ0n) is 11.3. The zero-order chi connectivity index (χ0) is 13.3. The average molecular weight is 375 g/mol. The lowest BCUT2D eigenvalue weighted by atomic mass is 9.80. The molecule has 1 fully saturated rings. The molecule has 1 nitrogen and oxygen atoms in total. The van der Waals surface area contributed by atoms with Crippen molar-refractivity contribution in [2.75, 3.05) is 18.0 Å². The Balaban J connectivity index is 2.19. The Morgan fingerprint density at radius 1 is 1.33 bits per heavy atom. The highest BCUT2D eigenvalue weighted by atomic mass is 79.9. The number of nitrogens with zero attached hydrogens (tertiary/aromatic N) is 1. The summed E-state index contributed by atoms with van der Waals surface area (Å²) >= 11 is 7.15. The molecule has 0 bridgehead atoms. The highest BCUT2D eigenvalue weighted by molar-refractivity contribution is 9.10. The quantitative estimate of drug-likeness (QED) is 0.641. The molecular formula is C15H21Br2N. The molecule has 0 amide bonds. The van der Waals surface area contributed by atoms with Gasteiger partial charge in [-0.15, -0.1) is 0 Å². The number of hydrogen-bond donors (Lipinski definition) is 0. The predicted molar refractivity (Wildman–Crippen MR) is 86.5 cm³/mol. The van der Waals surface area contributed by atoms with E-state index in [2.05, 4.69) is 75.7 Å². The summed E-state index contributed by atoms with van der Waals surface area (Å²) < 4.78 is 1.16. The molecule has 0 aliphatic carbocycles. The van der Waals surface area contributed by atoms with Crippen LogP contribution in [0, 0.1) is 11.3 Å². The molecule has 1 atom stereocenters. The molecule has 1 aromatic rings. The van der Waals surface area contributed by atoms with Gasteiger partial charge in [0.25, 0.3) is 0 Å². The largest absolute Gasteiger partial charge is 0.371 e. The third-order valence-electron chi connectivity index (χ3n) is 3.94. The summed E-state index contributed by atoms with van der Waals surface area (Å²) in [7, 11) is 0. The van der Waals surface area contributed by atoms with Gasteiger partial charge in [-0.2, -0.15) is 0 Å². The maximum atomic E-state index is 3.60. The molecule has 100 valence electrons. The molecule has 18 heavy (non-hydrogen) atoms. The van der Waals surface area contributed by atoms with Crippen LogP contribution in [0.5, 0.6) is 0 Å². The first-order valence-corrected chi connectivity index (χ1v) is 8.42. The average Bonchev–Trinajstić information content (AvgIpc) is 2.77. The zero-order valence-corrected chi connectivity index (χ0v) is 14.5. The van der Waals surface area contributed by atoms with Crippen molar-refractivity contribution in [2.45, 2.75) is 32.5 Å². The van der Waals surface area contributed by atoms with E-state index in [1.165, 1.54) is 30.8 Å². The number of anilines is 1. The van der Waals surface area contributed by atoms with Crippen LogP contribution in [-0.4, -0.2) is 13.1 Å². The number of rotatable bonds is 2. The predicted octanol–water partition coefficient (Wildman–Crippen LogP) is 5.22. The first-order chi connectivity index (χ1) is 8.41. The maximum Gasteiger partial charge on any atom is 0.0408 e. The van der Waals surface area contributed by atoms with Gasteiger partial charge in [0.1, 0.15) is 0 Å². The summed E-state index contributed by atoms with van der Waals surface area (Å²) in [6.45, 7) is 9.44. The van der Waals surface area contributed by atoms with E-state index >= 15 is 0 Å². The number of benzene rings is 1. The second-order valence-corrected chi connectivity index (χ2v) is 7.68. The van der Waals surface area contributed by atoms with Crippen molar-refractivity contribution in [3.05, 3.63) is 28.2 Å². The first-order valence-electron chi connectivity index (χ1n) is 6.51. The molecule has 0 spiro atoms. The lowest BCUT2D eigenvalue weighted by Crippen LogP contribution is -2.26. The van der Waals surface area contributed by atoms with Crippen molar-refractivity contribution < 1.29 is 0 Å². The summed E-state index contributed by atoms with van der Waals surface area (Å²) in [5, 5.41) is 0.915. The van der Waals surface area contributed by atoms with Crippen LogP contribution in [0.25, 0.3) is 0 Å². The molecule has 1 heterocycles. The van der Waals surface area contributed by atoms with Crippen LogP contribution < -0.4 is 4.90 Å². The standard InChI is InChI=1S/C15H21Br2N/c1-15(2,3)12-6-7-18(10-12)14-5-4-13(17)8-11(14)9-16/h4-5,8,12H,6-7,9-10H2,1-3H3. The van der Waals surface area contributed by atoms with E-state index < -0.39 is 0 Å². The van der Waals surface area contributed by atoms with Gasteiger partial charge in [-0.3, -0.25) is 0 Å². The van der Waals surface area contributed by atoms with Crippen molar-refractivity contribution in [2.24, 2.45) is 11.3 Å². The van der Waals surface area contributed by atoms with E-state index in [1.54, 1.807) is 0 Å². The van der Waals surface area contributed by atoms with Crippen molar-refractivity contribution in [3.8, 4) is 0 Å². The molecule has 1 aliphatic heterocycles. The monoisotopic (exact) mass is 373 g/mol. The summed E-state index contributed by atoms with van der Waals surface area (Å²) in [4.78, 5) is 2.54. The number of hydrogen-bond acceptors (Lipinski definition) is 1. The molecular weight excluding hydrogens is 354 g/mol. The Bertz CT molecular complexity index is 423. The Kier molecular flexibility index (Phi) is 4.43. The summed E-state index contributed by atoms with van der Waals surface area (Å²) in [5.41, 5.74) is 3.18. The number of halogens is 2. The molecule has 0 saturated carbocycles. The van der Waals surface area contributed by atoms with Crippen LogP contribution in [0.3, 0.4) is 0 Å². The third-order valence-corrected chi connectivity index (χ3v) is 5.04. The van der Waals surface area contributed by atoms with Crippen LogP contribution in [-0.2, 0) is 5.33 Å². The van der Waals surface area contributed by atoms with Crippen LogP contribution in [0.4, 0.5) is 5.69 Å². The van der Waals surface area contributed by atoms with E-state index in [1.807, 2.05) is 0 Å². The topological polar surface area (TPSA) is 3.24 Å². The van der Waals surface area contributed by atoms with Crippen molar-refractivity contribution in [1.29, 1.82) is 0 Å². The van der Waals surface area contributed by atoms with E-state index in [9.17, 15) is 0 Å². The summed E-state index contributed by atoms with van der Waals surface area (Å²) in [6, 6.07) is 6.60. The Labute approximate surface area is 127 Å². The van der Waals surface area contributed by atoms with Gasteiger partial charge in [0.05, 0.1) is 0 Å². The van der Waals surface area contributed by atoms with Crippen LogP contribution in [0.2, 0.25) is 0 Å². The van der Waals surface area contributed by atoms with Crippen molar-refractivity contribution >= 4 is 37.5 Å². The molecule has 3 heteroatoms. The molecule has 1 aliphatic rings. The Hall–Kier alpha value is -0.0200. The Morgan fingerprint density at radius 3 is 2.61 bits per heavy atom. The lowest BCUT2D eigenvalue weighted by Gasteiger charge is -2.28. The second kappa shape index (κ2) is 5.54. The van der Waals surface area contributed by atoms with Gasteiger partial charge in [-0.05, 0) is 41.5 Å².